The van der Waals surface area contributed by atoms with E-state index in [9.17, 15) is 4.79 Å². The van der Waals surface area contributed by atoms with Gasteiger partial charge in [0.1, 0.15) is 0 Å². The lowest BCUT2D eigenvalue weighted by Gasteiger charge is -2.32. The third-order valence-corrected chi connectivity index (χ3v) is 3.00. The van der Waals surface area contributed by atoms with Crippen molar-refractivity contribution in [1.29, 1.82) is 0 Å². The molecule has 3 nitrogen and oxygen atoms in total. The number of hydrogen-bond acceptors (Lipinski definition) is 2. The topological polar surface area (TPSA) is 29.5 Å². The van der Waals surface area contributed by atoms with Gasteiger partial charge in [0.2, 0.25) is 5.91 Å². The molecule has 1 amide bonds. The van der Waals surface area contributed by atoms with Gasteiger partial charge in [-0.15, -0.1) is 11.6 Å². The normalized spacial score (nSPS) is 21.7. The number of carbonyl (C=O) groups is 1. The molecule has 1 unspecified atom stereocenters. The monoisotopic (exact) mass is 233 g/mol. The third-order valence-electron chi connectivity index (χ3n) is 2.66. The molecule has 0 N–H and O–H groups in total. The highest BCUT2D eigenvalue weighted by atomic mass is 35.5. The van der Waals surface area contributed by atoms with E-state index in [1.54, 1.807) is 0 Å². The number of hydrogen-bond donors (Lipinski definition) is 0. The second-order valence-electron chi connectivity index (χ2n) is 3.94. The minimum absolute atomic E-state index is 0.0236. The molecule has 0 spiro atoms. The molecule has 1 fully saturated rings. The first-order valence-electron chi connectivity index (χ1n) is 5.73. The predicted molar refractivity (Wildman–Crippen MR) is 61.2 cm³/mol. The van der Waals surface area contributed by atoms with Gasteiger partial charge in [-0.1, -0.05) is 19.8 Å². The first kappa shape index (κ1) is 12.8. The van der Waals surface area contributed by atoms with Gasteiger partial charge in [0.25, 0.3) is 0 Å². The zero-order chi connectivity index (χ0) is 11.1. The van der Waals surface area contributed by atoms with Crippen LogP contribution >= 0.6 is 11.6 Å². The molecule has 0 radical (unpaired) electrons. The summed E-state index contributed by atoms with van der Waals surface area (Å²) in [6.07, 6.45) is 3.98. The molecule has 1 atom stereocenters. The first-order chi connectivity index (χ1) is 7.27. The minimum Gasteiger partial charge on any atom is -0.373 e. The minimum atomic E-state index is 0.0236. The zero-order valence-electron chi connectivity index (χ0n) is 9.38. The zero-order valence-corrected chi connectivity index (χ0v) is 10.1. The van der Waals surface area contributed by atoms with E-state index in [1.807, 2.05) is 4.90 Å². The fourth-order valence-corrected chi connectivity index (χ4v) is 1.91. The third kappa shape index (κ3) is 4.39. The lowest BCUT2D eigenvalue weighted by Crippen LogP contribution is -2.46. The van der Waals surface area contributed by atoms with Crippen LogP contribution in [0.3, 0.4) is 0 Å². The Kier molecular flexibility index (Phi) is 6.03. The Hall–Kier alpha value is -0.280. The van der Waals surface area contributed by atoms with Gasteiger partial charge >= 0.3 is 0 Å². The molecule has 1 heterocycles. The molecule has 0 aromatic rings. The molecule has 0 bridgehead atoms. The fraction of sp³-hybridized carbons (Fsp3) is 0.909. The quantitative estimate of drug-likeness (QED) is 0.537. The molecule has 1 rings (SSSR count). The second-order valence-corrected chi connectivity index (χ2v) is 4.25. The Bertz CT molecular complexity index is 199. The molecule has 0 aromatic heterocycles. The predicted octanol–water partition coefficient (Wildman–Crippen LogP) is 2.03. The summed E-state index contributed by atoms with van der Waals surface area (Å²) in [5, 5.41) is 0. The van der Waals surface area contributed by atoms with Crippen LogP contribution in [-0.2, 0) is 9.53 Å². The summed E-state index contributed by atoms with van der Waals surface area (Å²) < 4.78 is 5.41. The Morgan fingerprint density at radius 3 is 3.00 bits per heavy atom. The molecular formula is C11H20ClNO2. The molecule has 0 aromatic carbocycles. The van der Waals surface area contributed by atoms with E-state index >= 15 is 0 Å². The van der Waals surface area contributed by atoms with Crippen LogP contribution in [0.25, 0.3) is 0 Å². The van der Waals surface area contributed by atoms with Crippen LogP contribution in [0.5, 0.6) is 0 Å². The van der Waals surface area contributed by atoms with E-state index in [4.69, 9.17) is 16.3 Å². The van der Waals surface area contributed by atoms with Crippen molar-refractivity contribution in [3.63, 3.8) is 0 Å². The lowest BCUT2D eigenvalue weighted by atomic mass is 10.2. The van der Waals surface area contributed by atoms with Crippen LogP contribution in [0.15, 0.2) is 0 Å². The van der Waals surface area contributed by atoms with Crippen LogP contribution in [0.4, 0.5) is 0 Å². The van der Waals surface area contributed by atoms with Gasteiger partial charge in [-0.25, -0.2) is 0 Å². The van der Waals surface area contributed by atoms with Crippen molar-refractivity contribution in [1.82, 2.24) is 4.90 Å². The average Bonchev–Trinajstić information content (AvgIpc) is 2.29. The SMILES string of the molecule is CCCCCC(=O)N1CCOC(CCl)C1. The van der Waals surface area contributed by atoms with E-state index in [1.165, 1.54) is 0 Å². The largest absolute Gasteiger partial charge is 0.373 e. The number of amides is 1. The van der Waals surface area contributed by atoms with Gasteiger partial charge in [-0.05, 0) is 6.42 Å². The molecule has 1 aliphatic rings. The lowest BCUT2D eigenvalue weighted by molar-refractivity contribution is -0.138. The van der Waals surface area contributed by atoms with Crippen LogP contribution in [-0.4, -0.2) is 42.5 Å². The molecular weight excluding hydrogens is 214 g/mol. The van der Waals surface area contributed by atoms with Crippen molar-refractivity contribution in [2.24, 2.45) is 0 Å². The van der Waals surface area contributed by atoms with Crippen molar-refractivity contribution in [3.8, 4) is 0 Å². The van der Waals surface area contributed by atoms with Crippen molar-refractivity contribution in [3.05, 3.63) is 0 Å². The Labute approximate surface area is 96.7 Å². The van der Waals surface area contributed by atoms with Gasteiger partial charge < -0.3 is 9.64 Å². The Balaban J connectivity index is 2.25. The van der Waals surface area contributed by atoms with Gasteiger partial charge in [-0.2, -0.15) is 0 Å². The fourth-order valence-electron chi connectivity index (χ4n) is 1.72. The number of ether oxygens (including phenoxy) is 1. The van der Waals surface area contributed by atoms with E-state index in [-0.39, 0.29) is 12.0 Å². The van der Waals surface area contributed by atoms with Crippen molar-refractivity contribution < 1.29 is 9.53 Å². The van der Waals surface area contributed by atoms with Gasteiger partial charge in [0, 0.05) is 19.5 Å². The molecule has 88 valence electrons. The number of alkyl halides is 1. The van der Waals surface area contributed by atoms with Gasteiger partial charge in [-0.3, -0.25) is 4.79 Å². The average molecular weight is 234 g/mol. The van der Waals surface area contributed by atoms with Crippen molar-refractivity contribution in [2.75, 3.05) is 25.6 Å². The van der Waals surface area contributed by atoms with Gasteiger partial charge in [0.15, 0.2) is 0 Å². The number of nitrogens with zero attached hydrogens (tertiary/aromatic N) is 1. The standard InChI is InChI=1S/C11H20ClNO2/c1-2-3-4-5-11(14)13-6-7-15-10(8-12)9-13/h10H,2-9H2,1H3. The summed E-state index contributed by atoms with van der Waals surface area (Å²) in [7, 11) is 0. The Morgan fingerprint density at radius 1 is 1.53 bits per heavy atom. The summed E-state index contributed by atoms with van der Waals surface area (Å²) in [6, 6.07) is 0. The van der Waals surface area contributed by atoms with E-state index < -0.39 is 0 Å². The maximum atomic E-state index is 11.8. The summed E-state index contributed by atoms with van der Waals surface area (Å²) in [4.78, 5) is 13.6. The summed E-state index contributed by atoms with van der Waals surface area (Å²) in [5.74, 6) is 0.723. The number of morpholine rings is 1. The van der Waals surface area contributed by atoms with Crippen LogP contribution in [0.1, 0.15) is 32.6 Å². The summed E-state index contributed by atoms with van der Waals surface area (Å²) in [5.41, 5.74) is 0. The molecule has 0 aliphatic carbocycles. The van der Waals surface area contributed by atoms with Crippen molar-refractivity contribution >= 4 is 17.5 Å². The maximum Gasteiger partial charge on any atom is 0.222 e. The van der Waals surface area contributed by atoms with E-state index in [0.717, 1.165) is 25.8 Å². The molecule has 1 aliphatic heterocycles. The summed E-state index contributed by atoms with van der Waals surface area (Å²) >= 11 is 5.71. The van der Waals surface area contributed by atoms with Crippen LogP contribution in [0.2, 0.25) is 0 Å². The van der Waals surface area contributed by atoms with Gasteiger partial charge in [0.05, 0.1) is 18.6 Å². The van der Waals surface area contributed by atoms with E-state index in [2.05, 4.69) is 6.92 Å². The molecule has 1 saturated heterocycles. The number of unbranched alkanes of at least 4 members (excludes halogenated alkanes) is 2. The molecule has 4 heteroatoms. The Morgan fingerprint density at radius 2 is 2.33 bits per heavy atom. The maximum absolute atomic E-state index is 11.8. The van der Waals surface area contributed by atoms with Crippen molar-refractivity contribution in [2.45, 2.75) is 38.7 Å². The van der Waals surface area contributed by atoms with E-state index in [0.29, 0.717) is 25.5 Å². The number of rotatable bonds is 5. The first-order valence-corrected chi connectivity index (χ1v) is 6.26. The van der Waals surface area contributed by atoms with Crippen LogP contribution < -0.4 is 0 Å². The van der Waals surface area contributed by atoms with Crippen LogP contribution in [0, 0.1) is 0 Å². The highest BCUT2D eigenvalue weighted by Gasteiger charge is 2.22. The number of carbonyl (C=O) groups excluding carboxylic acids is 1. The molecule has 0 saturated carbocycles. The highest BCUT2D eigenvalue weighted by molar-refractivity contribution is 6.18. The highest BCUT2D eigenvalue weighted by Crippen LogP contribution is 2.10. The summed E-state index contributed by atoms with van der Waals surface area (Å²) in [6.45, 7) is 4.15. The number of halogens is 1. The smallest absolute Gasteiger partial charge is 0.222 e. The molecule has 15 heavy (non-hydrogen) atoms. The second kappa shape index (κ2) is 7.07.